The molecular weight excluding hydrogens is 454 g/mol. The fraction of sp³-hybridized carbons (Fsp3) is 0.394. The van der Waals surface area contributed by atoms with Crippen LogP contribution in [0.1, 0.15) is 86.5 Å². The molecule has 1 N–H and O–H groups in total. The fourth-order valence-corrected chi connectivity index (χ4v) is 5.65. The first-order chi connectivity index (χ1) is 17.8. The van der Waals surface area contributed by atoms with Crippen LogP contribution in [0.3, 0.4) is 0 Å². The van der Waals surface area contributed by atoms with E-state index < -0.39 is 0 Å². The number of rotatable bonds is 5. The summed E-state index contributed by atoms with van der Waals surface area (Å²) in [5.74, 6) is 0.0343. The third kappa shape index (κ3) is 5.64. The molecule has 0 spiro atoms. The van der Waals surface area contributed by atoms with Gasteiger partial charge in [0.1, 0.15) is 0 Å². The van der Waals surface area contributed by atoms with Crippen LogP contribution in [0.15, 0.2) is 66.7 Å². The number of benzene rings is 3. The first-order valence-electron chi connectivity index (χ1n) is 13.8. The number of fused-ring (bicyclic) bond motifs is 1. The van der Waals surface area contributed by atoms with Crippen LogP contribution in [0.25, 0.3) is 22.0 Å². The standard InChI is InChI=1S/C33H39N3O/c1-23-29-21-26(32(37)34-27-11-7-5-6-8-12-27)19-20-31(29)36(35-23)22-24-15-17-25(18-16-24)28-13-9-10-14-30(28)33(2,3)4/h9-10,13-21,27H,5-8,11-12,22H2,1-4H3,(H,34,37). The Hall–Kier alpha value is -3.40. The highest BCUT2D eigenvalue weighted by Gasteiger charge is 2.19. The zero-order chi connectivity index (χ0) is 26.0. The van der Waals surface area contributed by atoms with E-state index in [9.17, 15) is 4.79 Å². The molecule has 37 heavy (non-hydrogen) atoms. The van der Waals surface area contributed by atoms with Crippen LogP contribution in [-0.2, 0) is 12.0 Å². The Labute approximate surface area is 221 Å². The minimum atomic E-state index is 0.0343. The molecule has 0 radical (unpaired) electrons. The summed E-state index contributed by atoms with van der Waals surface area (Å²) < 4.78 is 2.05. The Balaban J connectivity index is 1.34. The Morgan fingerprint density at radius 2 is 1.65 bits per heavy atom. The third-order valence-corrected chi connectivity index (χ3v) is 7.72. The summed E-state index contributed by atoms with van der Waals surface area (Å²) in [5, 5.41) is 9.14. The number of carbonyl (C=O) groups excluding carboxylic acids is 1. The van der Waals surface area contributed by atoms with E-state index in [1.165, 1.54) is 47.9 Å². The van der Waals surface area contributed by atoms with Crippen molar-refractivity contribution in [2.75, 3.05) is 0 Å². The first-order valence-corrected chi connectivity index (χ1v) is 13.8. The lowest BCUT2D eigenvalue weighted by molar-refractivity contribution is 0.0933. The SMILES string of the molecule is Cc1nn(Cc2ccc(-c3ccccc3C(C)(C)C)cc2)c2ccc(C(=O)NC3CCCCCC3)cc12. The quantitative estimate of drug-likeness (QED) is 0.288. The van der Waals surface area contributed by atoms with Gasteiger partial charge in [0, 0.05) is 17.0 Å². The largest absolute Gasteiger partial charge is 0.349 e. The zero-order valence-corrected chi connectivity index (χ0v) is 22.7. The number of nitrogens with one attached hydrogen (secondary N) is 1. The number of hydrogen-bond donors (Lipinski definition) is 1. The van der Waals surface area contributed by atoms with Crippen molar-refractivity contribution in [3.05, 3.63) is 89.1 Å². The molecule has 0 saturated heterocycles. The highest BCUT2D eigenvalue weighted by Crippen LogP contribution is 2.33. The van der Waals surface area contributed by atoms with Crippen molar-refractivity contribution < 1.29 is 4.79 Å². The molecule has 1 aromatic heterocycles. The molecule has 5 rings (SSSR count). The molecule has 0 atom stereocenters. The molecule has 1 fully saturated rings. The van der Waals surface area contributed by atoms with Crippen LogP contribution in [0, 0.1) is 6.92 Å². The monoisotopic (exact) mass is 493 g/mol. The Morgan fingerprint density at radius 3 is 2.35 bits per heavy atom. The van der Waals surface area contributed by atoms with Gasteiger partial charge in [-0.25, -0.2) is 0 Å². The molecule has 4 aromatic rings. The van der Waals surface area contributed by atoms with Crippen LogP contribution < -0.4 is 5.32 Å². The molecule has 1 saturated carbocycles. The summed E-state index contributed by atoms with van der Waals surface area (Å²) in [6, 6.07) is 23.8. The maximum absolute atomic E-state index is 13.0. The van der Waals surface area contributed by atoms with Gasteiger partial charge in [0.2, 0.25) is 0 Å². The summed E-state index contributed by atoms with van der Waals surface area (Å²) >= 11 is 0. The number of aromatic nitrogens is 2. The summed E-state index contributed by atoms with van der Waals surface area (Å²) in [6.45, 7) is 9.50. The molecular formula is C33H39N3O. The number of carbonyl (C=O) groups is 1. The van der Waals surface area contributed by atoms with Gasteiger partial charge in [-0.15, -0.1) is 0 Å². The van der Waals surface area contributed by atoms with Crippen LogP contribution in [0.2, 0.25) is 0 Å². The van der Waals surface area contributed by atoms with E-state index in [2.05, 4.69) is 79.3 Å². The predicted octanol–water partition coefficient (Wildman–Crippen LogP) is 7.81. The van der Waals surface area contributed by atoms with Crippen LogP contribution in [-0.4, -0.2) is 21.7 Å². The molecule has 1 heterocycles. The summed E-state index contributed by atoms with van der Waals surface area (Å²) in [4.78, 5) is 13.0. The van der Waals surface area contributed by atoms with Crippen molar-refractivity contribution >= 4 is 16.8 Å². The van der Waals surface area contributed by atoms with E-state index in [1.807, 2.05) is 25.1 Å². The lowest BCUT2D eigenvalue weighted by Gasteiger charge is -2.23. The van der Waals surface area contributed by atoms with Crippen molar-refractivity contribution in [3.63, 3.8) is 0 Å². The summed E-state index contributed by atoms with van der Waals surface area (Å²) in [5.41, 5.74) is 7.91. The molecule has 192 valence electrons. The van der Waals surface area contributed by atoms with Gasteiger partial charge in [0.05, 0.1) is 17.8 Å². The molecule has 0 aliphatic heterocycles. The lowest BCUT2D eigenvalue weighted by Crippen LogP contribution is -2.34. The summed E-state index contributed by atoms with van der Waals surface area (Å²) in [7, 11) is 0. The van der Waals surface area contributed by atoms with E-state index in [-0.39, 0.29) is 11.3 Å². The first kappa shape index (κ1) is 25.3. The second-order valence-corrected chi connectivity index (χ2v) is 11.6. The lowest BCUT2D eigenvalue weighted by atomic mass is 9.82. The van der Waals surface area contributed by atoms with E-state index in [0.717, 1.165) is 35.0 Å². The van der Waals surface area contributed by atoms with Crippen molar-refractivity contribution in [2.45, 2.75) is 84.2 Å². The predicted molar refractivity (Wildman–Crippen MR) is 153 cm³/mol. The number of amides is 1. The molecule has 1 aliphatic carbocycles. The van der Waals surface area contributed by atoms with Crippen molar-refractivity contribution in [3.8, 4) is 11.1 Å². The topological polar surface area (TPSA) is 46.9 Å². The molecule has 0 bridgehead atoms. The van der Waals surface area contributed by atoms with Crippen molar-refractivity contribution in [2.24, 2.45) is 0 Å². The van der Waals surface area contributed by atoms with Gasteiger partial charge in [-0.1, -0.05) is 95.0 Å². The van der Waals surface area contributed by atoms with E-state index in [0.29, 0.717) is 12.6 Å². The number of aryl methyl sites for hydroxylation is 1. The Kier molecular flexibility index (Phi) is 7.19. The summed E-state index contributed by atoms with van der Waals surface area (Å²) in [6.07, 6.45) is 7.16. The van der Waals surface area contributed by atoms with Crippen molar-refractivity contribution in [1.29, 1.82) is 0 Å². The molecule has 4 nitrogen and oxygen atoms in total. The van der Waals surface area contributed by atoms with Gasteiger partial charge in [-0.3, -0.25) is 9.48 Å². The van der Waals surface area contributed by atoms with Crippen LogP contribution in [0.4, 0.5) is 0 Å². The molecule has 3 aromatic carbocycles. The van der Waals surface area contributed by atoms with Crippen LogP contribution in [0.5, 0.6) is 0 Å². The maximum atomic E-state index is 13.0. The molecule has 4 heteroatoms. The maximum Gasteiger partial charge on any atom is 0.251 e. The minimum Gasteiger partial charge on any atom is -0.349 e. The fourth-order valence-electron chi connectivity index (χ4n) is 5.65. The number of hydrogen-bond acceptors (Lipinski definition) is 2. The van der Waals surface area contributed by atoms with Gasteiger partial charge in [0.25, 0.3) is 5.91 Å². The van der Waals surface area contributed by atoms with E-state index in [4.69, 9.17) is 5.10 Å². The minimum absolute atomic E-state index is 0.0343. The highest BCUT2D eigenvalue weighted by atomic mass is 16.1. The van der Waals surface area contributed by atoms with Gasteiger partial charge < -0.3 is 5.32 Å². The van der Waals surface area contributed by atoms with Gasteiger partial charge in [0.15, 0.2) is 0 Å². The van der Waals surface area contributed by atoms with Crippen LogP contribution >= 0.6 is 0 Å². The third-order valence-electron chi connectivity index (χ3n) is 7.72. The van der Waals surface area contributed by atoms with E-state index >= 15 is 0 Å². The second-order valence-electron chi connectivity index (χ2n) is 11.6. The average molecular weight is 494 g/mol. The Bertz CT molecular complexity index is 1380. The van der Waals surface area contributed by atoms with E-state index in [1.54, 1.807) is 0 Å². The zero-order valence-electron chi connectivity index (χ0n) is 22.7. The van der Waals surface area contributed by atoms with Gasteiger partial charge in [-0.2, -0.15) is 5.10 Å². The highest BCUT2D eigenvalue weighted by molar-refractivity contribution is 5.98. The number of nitrogens with zero attached hydrogens (tertiary/aromatic N) is 2. The Morgan fingerprint density at radius 1 is 0.946 bits per heavy atom. The normalized spacial score (nSPS) is 15.0. The van der Waals surface area contributed by atoms with Gasteiger partial charge in [-0.05, 0) is 65.6 Å². The molecule has 0 unspecified atom stereocenters. The molecule has 1 amide bonds. The second kappa shape index (κ2) is 10.5. The molecule has 1 aliphatic rings. The van der Waals surface area contributed by atoms with Crippen molar-refractivity contribution in [1.82, 2.24) is 15.1 Å². The van der Waals surface area contributed by atoms with Gasteiger partial charge >= 0.3 is 0 Å². The average Bonchev–Trinajstić information content (AvgIpc) is 3.03. The smallest absolute Gasteiger partial charge is 0.251 e.